The van der Waals surface area contributed by atoms with Crippen LogP contribution in [0.2, 0.25) is 36.3 Å². The summed E-state index contributed by atoms with van der Waals surface area (Å²) < 4.78 is 14.2. The molecule has 0 radical (unpaired) electrons. The number of fused-ring (bicyclic) bond motifs is 1. The Morgan fingerprint density at radius 2 is 1.55 bits per heavy atom. The van der Waals surface area contributed by atoms with E-state index in [-0.39, 0.29) is 38.9 Å². The number of aliphatic hydroxyl groups excluding tert-OH is 1. The first-order chi connectivity index (χ1) is 24.3. The lowest BCUT2D eigenvalue weighted by atomic mass is 9.57. The van der Waals surface area contributed by atoms with Crippen molar-refractivity contribution in [3.05, 3.63) is 47.6 Å². The molecule has 4 fully saturated rings. The summed E-state index contributed by atoms with van der Waals surface area (Å²) >= 11 is 0. The molecule has 4 saturated carbocycles. The minimum Gasteiger partial charge on any atom is -0.413 e. The van der Waals surface area contributed by atoms with Gasteiger partial charge in [0.25, 0.3) is 0 Å². The van der Waals surface area contributed by atoms with E-state index in [1.165, 1.54) is 44.1 Å². The second-order valence-corrected chi connectivity index (χ2v) is 31.3. The van der Waals surface area contributed by atoms with Gasteiger partial charge in [-0.1, -0.05) is 125 Å². The van der Waals surface area contributed by atoms with Crippen molar-refractivity contribution in [1.29, 1.82) is 0 Å². The number of aliphatic hydroxyl groups is 1. The summed E-state index contributed by atoms with van der Waals surface area (Å²) in [7, 11) is -3.99. The van der Waals surface area contributed by atoms with Gasteiger partial charge in [0.05, 0.1) is 23.7 Å². The van der Waals surface area contributed by atoms with Gasteiger partial charge in [0.2, 0.25) is 0 Å². The Morgan fingerprint density at radius 3 is 2.13 bits per heavy atom. The van der Waals surface area contributed by atoms with E-state index < -0.39 is 28.2 Å². The molecule has 6 atom stereocenters. The summed E-state index contributed by atoms with van der Waals surface area (Å²) in [6.45, 7) is 37.7. The number of unbranched alkanes of at least 4 members (excludes halogenated alkanes) is 3. The molecule has 1 unspecified atom stereocenters. The van der Waals surface area contributed by atoms with E-state index in [1.807, 2.05) is 6.08 Å². The third-order valence-electron chi connectivity index (χ3n) is 15.5. The predicted octanol–water partition coefficient (Wildman–Crippen LogP) is 13.4. The maximum absolute atomic E-state index is 13.2. The molecule has 0 aromatic rings. The lowest BCUT2D eigenvalue weighted by Crippen LogP contribution is -2.49. The zero-order valence-electron chi connectivity index (χ0n) is 37.0. The minimum atomic E-state index is -2.02. The first-order valence-electron chi connectivity index (χ1n) is 21.7. The second-order valence-electron chi connectivity index (χ2n) is 21.8. The lowest BCUT2D eigenvalue weighted by Gasteiger charge is -2.47. The molecule has 0 spiro atoms. The molecule has 1 N–H and O–H groups in total. The Balaban J connectivity index is 1.54. The number of carbonyl (C=O) groups is 1. The molecule has 0 amide bonds. The molecular weight excluding hydrogens is 685 g/mol. The predicted molar refractivity (Wildman–Crippen MR) is 231 cm³/mol. The quantitative estimate of drug-likeness (QED) is 0.102. The van der Waals surface area contributed by atoms with Crippen molar-refractivity contribution >= 4 is 22.4 Å². The molecule has 6 heteroatoms. The van der Waals surface area contributed by atoms with Crippen LogP contribution in [0.25, 0.3) is 0 Å². The van der Waals surface area contributed by atoms with Crippen LogP contribution in [0.4, 0.5) is 0 Å². The smallest absolute Gasteiger partial charge is 0.192 e. The molecule has 0 saturated heterocycles. The molecule has 302 valence electrons. The Morgan fingerprint density at radius 1 is 0.925 bits per heavy atom. The highest BCUT2D eigenvalue weighted by Crippen LogP contribution is 2.62. The third-order valence-corrected chi connectivity index (χ3v) is 24.5. The van der Waals surface area contributed by atoms with Crippen LogP contribution in [0.1, 0.15) is 159 Å². The zero-order chi connectivity index (χ0) is 39.8. The van der Waals surface area contributed by atoms with E-state index in [2.05, 4.69) is 114 Å². The maximum Gasteiger partial charge on any atom is 0.192 e. The highest BCUT2D eigenvalue weighted by Gasteiger charge is 2.55. The topological polar surface area (TPSA) is 55.8 Å². The van der Waals surface area contributed by atoms with E-state index in [0.29, 0.717) is 18.3 Å². The van der Waals surface area contributed by atoms with Gasteiger partial charge in [-0.25, -0.2) is 0 Å². The average molecular weight is 767 g/mol. The molecule has 4 nitrogen and oxygen atoms in total. The maximum atomic E-state index is 13.2. The number of rotatable bonds is 15. The minimum absolute atomic E-state index is 0.00870. The van der Waals surface area contributed by atoms with Crippen LogP contribution in [-0.4, -0.2) is 45.8 Å². The van der Waals surface area contributed by atoms with Crippen molar-refractivity contribution < 1.29 is 18.8 Å². The summed E-state index contributed by atoms with van der Waals surface area (Å²) in [5, 5.41) is 11.7. The number of Topliss-reactive ketones (excluding diaryl/α,β-unsaturated/α-hetero) is 1. The summed E-state index contributed by atoms with van der Waals surface area (Å²) in [6.07, 6.45) is 23.2. The first-order valence-corrected chi connectivity index (χ1v) is 27.5. The van der Waals surface area contributed by atoms with E-state index in [9.17, 15) is 9.90 Å². The Kier molecular flexibility index (Phi) is 13.8. The van der Waals surface area contributed by atoms with Crippen molar-refractivity contribution in [3.63, 3.8) is 0 Å². The van der Waals surface area contributed by atoms with E-state index in [1.54, 1.807) is 5.57 Å². The summed E-state index contributed by atoms with van der Waals surface area (Å²) in [5.74, 6) is 1.36. The number of allylic oxidation sites excluding steroid dienone is 4. The van der Waals surface area contributed by atoms with Gasteiger partial charge in [-0.2, -0.15) is 0 Å². The van der Waals surface area contributed by atoms with Gasteiger partial charge in [0, 0.05) is 12.8 Å². The molecule has 53 heavy (non-hydrogen) atoms. The lowest BCUT2D eigenvalue weighted by molar-refractivity contribution is -0.127. The fraction of sp³-hybridized carbons (Fsp3) is 0.809. The van der Waals surface area contributed by atoms with E-state index >= 15 is 0 Å². The van der Waals surface area contributed by atoms with Gasteiger partial charge in [0.15, 0.2) is 16.6 Å². The van der Waals surface area contributed by atoms with E-state index in [4.69, 9.17) is 15.4 Å². The fourth-order valence-electron chi connectivity index (χ4n) is 9.70. The van der Waals surface area contributed by atoms with Crippen LogP contribution in [0.3, 0.4) is 0 Å². The standard InChI is InChI=1S/C47H82O4Si2/c1-16-17-18-19-22-41(48)47(30-31-47)42(49)27-29-45(9,10)40-26-25-38-35(21-20-28-46(38,40)11)23-24-36-32-37(50-52(12,13)43(3,4)5)33-39(34(36)2)51-53(14,15)44(6,7)8/h23-24,27,29,37-40,42,49H,2,16-22,25-26,28,30-33H2,1,3-15H3/t37-,38+,39+,40-,42?,46+/m1/s1. The van der Waals surface area contributed by atoms with Crippen LogP contribution >= 0.6 is 0 Å². The SMILES string of the molecule is C=C1C(=CC=C2CCC[C@]3(C)[C@@H](C(C)(C)C=CC(O)C4(C(=O)CCCCCC)CC4)CC[C@@H]23)C[C@@H](O[Si](C)(C)C(C)(C)C)C[C@@H]1O[Si](C)(C)C(C)(C)C. The largest absolute Gasteiger partial charge is 0.413 e. The number of carbonyl (C=O) groups excluding carboxylic acids is 1. The number of hydrogen-bond donors (Lipinski definition) is 1. The second kappa shape index (κ2) is 16.4. The number of ketones is 1. The van der Waals surface area contributed by atoms with Crippen molar-refractivity contribution in [2.24, 2.45) is 28.1 Å². The van der Waals surface area contributed by atoms with Crippen molar-refractivity contribution in [2.75, 3.05) is 0 Å². The fourth-order valence-corrected chi connectivity index (χ4v) is 12.4. The molecule has 0 bridgehead atoms. The molecule has 4 aliphatic rings. The van der Waals surface area contributed by atoms with Gasteiger partial charge in [0.1, 0.15) is 5.78 Å². The third kappa shape index (κ3) is 9.91. The molecule has 0 aliphatic heterocycles. The molecule has 0 aromatic carbocycles. The van der Waals surface area contributed by atoms with Gasteiger partial charge in [-0.15, -0.1) is 0 Å². The number of hydrogen-bond acceptors (Lipinski definition) is 4. The Bertz CT molecular complexity index is 1400. The van der Waals surface area contributed by atoms with Crippen molar-refractivity contribution in [1.82, 2.24) is 0 Å². The van der Waals surface area contributed by atoms with Gasteiger partial charge in [-0.05, 0) is 128 Å². The van der Waals surface area contributed by atoms with Gasteiger partial charge < -0.3 is 14.0 Å². The summed E-state index contributed by atoms with van der Waals surface area (Å²) in [5.41, 5.74) is 3.68. The van der Waals surface area contributed by atoms with Crippen LogP contribution in [0.5, 0.6) is 0 Å². The van der Waals surface area contributed by atoms with Crippen LogP contribution < -0.4 is 0 Å². The van der Waals surface area contributed by atoms with Crippen LogP contribution in [0, 0.1) is 28.1 Å². The first kappa shape index (κ1) is 44.7. The molecule has 0 aromatic heterocycles. The zero-order valence-corrected chi connectivity index (χ0v) is 39.0. The van der Waals surface area contributed by atoms with Gasteiger partial charge in [-0.3, -0.25) is 4.79 Å². The highest BCUT2D eigenvalue weighted by atomic mass is 28.4. The Hall–Kier alpha value is -1.06. The summed E-state index contributed by atoms with van der Waals surface area (Å²) in [4.78, 5) is 13.2. The normalized spacial score (nSPS) is 30.7. The van der Waals surface area contributed by atoms with Crippen LogP contribution in [-0.2, 0) is 13.6 Å². The molecule has 4 rings (SSSR count). The Labute approximate surface area is 329 Å². The monoisotopic (exact) mass is 767 g/mol. The molecular formula is C47H82O4Si2. The van der Waals surface area contributed by atoms with Crippen molar-refractivity contribution in [2.45, 2.75) is 214 Å². The van der Waals surface area contributed by atoms with Crippen LogP contribution in [0.15, 0.2) is 47.6 Å². The summed E-state index contributed by atoms with van der Waals surface area (Å²) in [6, 6.07) is 0. The van der Waals surface area contributed by atoms with Crippen molar-refractivity contribution in [3.8, 4) is 0 Å². The highest BCUT2D eigenvalue weighted by molar-refractivity contribution is 6.74. The average Bonchev–Trinajstić information content (AvgIpc) is 3.77. The molecule has 0 heterocycles. The van der Waals surface area contributed by atoms with E-state index in [0.717, 1.165) is 50.5 Å². The van der Waals surface area contributed by atoms with Gasteiger partial charge >= 0.3 is 0 Å². The molecule has 4 aliphatic carbocycles.